The molecule has 1 atom stereocenters. The molecule has 0 unspecified atom stereocenters. The lowest BCUT2D eigenvalue weighted by Gasteiger charge is -2.32. The molecule has 1 N–H and O–H groups in total. The first-order valence-corrected chi connectivity index (χ1v) is 14.5. The van der Waals surface area contributed by atoms with E-state index >= 15 is 0 Å². The monoisotopic (exact) mass is 585 g/mol. The Bertz CT molecular complexity index is 1460. The predicted molar refractivity (Wildman–Crippen MR) is 155 cm³/mol. The fourth-order valence-corrected chi connectivity index (χ4v) is 5.55. The summed E-state index contributed by atoms with van der Waals surface area (Å²) >= 11 is 0. The second-order valence-corrected chi connectivity index (χ2v) is 11.7. The van der Waals surface area contributed by atoms with Gasteiger partial charge in [0, 0.05) is 18.7 Å². The van der Waals surface area contributed by atoms with E-state index < -0.39 is 34.3 Å². The molecule has 0 heterocycles. The van der Waals surface area contributed by atoms with Gasteiger partial charge in [0.15, 0.2) is 11.5 Å². The summed E-state index contributed by atoms with van der Waals surface area (Å²) in [5, 5.41) is 2.81. The van der Waals surface area contributed by atoms with Gasteiger partial charge >= 0.3 is 0 Å². The molecule has 0 fully saturated rings. The zero-order valence-corrected chi connectivity index (χ0v) is 24.9. The molecule has 0 aliphatic rings. The van der Waals surface area contributed by atoms with Crippen LogP contribution in [-0.4, -0.2) is 58.0 Å². The molecule has 41 heavy (non-hydrogen) atoms. The summed E-state index contributed by atoms with van der Waals surface area (Å²) in [6, 6.07) is 15.2. The number of aryl methyl sites for hydroxylation is 1. The lowest BCUT2D eigenvalue weighted by atomic mass is 10.1. The molecule has 0 aromatic heterocycles. The van der Waals surface area contributed by atoms with E-state index in [1.54, 1.807) is 6.92 Å². The van der Waals surface area contributed by atoms with Crippen LogP contribution >= 0.6 is 0 Å². The van der Waals surface area contributed by atoms with Crippen LogP contribution in [0.3, 0.4) is 0 Å². The van der Waals surface area contributed by atoms with Crippen LogP contribution in [0, 0.1) is 12.7 Å². The Labute approximate surface area is 240 Å². The first kappa shape index (κ1) is 31.4. The van der Waals surface area contributed by atoms with Gasteiger partial charge in [-0.2, -0.15) is 0 Å². The summed E-state index contributed by atoms with van der Waals surface area (Å²) in [6.07, 6.45) is 0. The standard InChI is InChI=1S/C30H36FN3O6S/c1-20(2)32-30(36)22(4)33(18-23-9-7-21(3)8-10-23)29(35)19-34(25-13-11-24(31)12-14-25)41(37,38)26-15-16-27(39-5)28(17-26)40-6/h7-17,20,22H,18-19H2,1-6H3,(H,32,36)/t22-/m1/s1. The van der Waals surface area contributed by atoms with E-state index in [0.717, 1.165) is 27.6 Å². The third kappa shape index (κ3) is 7.75. The van der Waals surface area contributed by atoms with Crippen molar-refractivity contribution in [1.82, 2.24) is 10.2 Å². The zero-order valence-electron chi connectivity index (χ0n) is 24.0. The summed E-state index contributed by atoms with van der Waals surface area (Å²) in [4.78, 5) is 28.1. The number of hydrogen-bond donors (Lipinski definition) is 1. The van der Waals surface area contributed by atoms with E-state index in [1.807, 2.05) is 45.0 Å². The van der Waals surface area contributed by atoms with Gasteiger partial charge in [-0.15, -0.1) is 0 Å². The first-order chi connectivity index (χ1) is 19.4. The molecule has 0 saturated heterocycles. The topological polar surface area (TPSA) is 105 Å². The number of ether oxygens (including phenoxy) is 2. The minimum atomic E-state index is -4.37. The average Bonchev–Trinajstić information content (AvgIpc) is 2.94. The largest absolute Gasteiger partial charge is 0.493 e. The number of carbonyl (C=O) groups excluding carboxylic acids is 2. The fraction of sp³-hybridized carbons (Fsp3) is 0.333. The smallest absolute Gasteiger partial charge is 0.264 e. The molecule has 11 heteroatoms. The van der Waals surface area contributed by atoms with E-state index in [1.165, 1.54) is 49.5 Å². The number of benzene rings is 3. The van der Waals surface area contributed by atoms with E-state index in [2.05, 4.69) is 5.32 Å². The Hall–Kier alpha value is -4.12. The van der Waals surface area contributed by atoms with Gasteiger partial charge in [0.2, 0.25) is 11.8 Å². The highest BCUT2D eigenvalue weighted by atomic mass is 32.2. The molecule has 0 bridgehead atoms. The number of sulfonamides is 1. The van der Waals surface area contributed by atoms with Crippen molar-refractivity contribution >= 4 is 27.5 Å². The number of carbonyl (C=O) groups is 2. The van der Waals surface area contributed by atoms with Gasteiger partial charge in [0.05, 0.1) is 24.8 Å². The predicted octanol–water partition coefficient (Wildman–Crippen LogP) is 4.29. The number of halogens is 1. The second kappa shape index (κ2) is 13.5. The zero-order chi connectivity index (χ0) is 30.3. The Morgan fingerprint density at radius 1 is 0.902 bits per heavy atom. The Morgan fingerprint density at radius 3 is 2.07 bits per heavy atom. The SMILES string of the molecule is COc1ccc(S(=O)(=O)N(CC(=O)N(Cc2ccc(C)cc2)[C@H](C)C(=O)NC(C)C)c2ccc(F)cc2)cc1OC. The molecule has 0 saturated carbocycles. The van der Waals surface area contributed by atoms with Gasteiger partial charge in [0.25, 0.3) is 10.0 Å². The van der Waals surface area contributed by atoms with Gasteiger partial charge in [-0.25, -0.2) is 12.8 Å². The maximum Gasteiger partial charge on any atom is 0.264 e. The van der Waals surface area contributed by atoms with Crippen molar-refractivity contribution in [2.24, 2.45) is 0 Å². The summed E-state index contributed by atoms with van der Waals surface area (Å²) in [5.41, 5.74) is 1.87. The minimum absolute atomic E-state index is 0.0689. The number of nitrogens with zero attached hydrogens (tertiary/aromatic N) is 2. The fourth-order valence-electron chi connectivity index (χ4n) is 4.12. The average molecular weight is 586 g/mol. The van der Waals surface area contributed by atoms with Crippen molar-refractivity contribution < 1.29 is 31.9 Å². The van der Waals surface area contributed by atoms with Crippen molar-refractivity contribution in [1.29, 1.82) is 0 Å². The molecular formula is C30H36FN3O6S. The van der Waals surface area contributed by atoms with E-state index in [0.29, 0.717) is 5.75 Å². The van der Waals surface area contributed by atoms with Crippen molar-refractivity contribution in [2.75, 3.05) is 25.1 Å². The van der Waals surface area contributed by atoms with Crippen LogP contribution in [0.25, 0.3) is 0 Å². The highest BCUT2D eigenvalue weighted by Gasteiger charge is 2.33. The Morgan fingerprint density at radius 2 is 1.51 bits per heavy atom. The molecule has 3 rings (SSSR count). The minimum Gasteiger partial charge on any atom is -0.493 e. The number of methoxy groups -OCH3 is 2. The van der Waals surface area contributed by atoms with Crippen molar-refractivity contribution in [3.63, 3.8) is 0 Å². The molecule has 0 spiro atoms. The summed E-state index contributed by atoms with van der Waals surface area (Å²) < 4.78 is 53.1. The van der Waals surface area contributed by atoms with Crippen molar-refractivity contribution in [3.8, 4) is 11.5 Å². The van der Waals surface area contributed by atoms with Crippen LogP contribution < -0.4 is 19.1 Å². The molecule has 2 amide bonds. The number of rotatable bonds is 12. The van der Waals surface area contributed by atoms with Crippen LogP contribution in [0.2, 0.25) is 0 Å². The van der Waals surface area contributed by atoms with Gasteiger partial charge < -0.3 is 19.7 Å². The van der Waals surface area contributed by atoms with Gasteiger partial charge in [-0.1, -0.05) is 29.8 Å². The van der Waals surface area contributed by atoms with Gasteiger partial charge in [-0.3, -0.25) is 13.9 Å². The maximum atomic E-state index is 14.0. The quantitative estimate of drug-likeness (QED) is 0.340. The van der Waals surface area contributed by atoms with Crippen LogP contribution in [0.5, 0.6) is 11.5 Å². The van der Waals surface area contributed by atoms with Gasteiger partial charge in [0.1, 0.15) is 18.4 Å². The third-order valence-corrected chi connectivity index (χ3v) is 8.18. The van der Waals surface area contributed by atoms with Crippen LogP contribution in [0.1, 0.15) is 31.9 Å². The van der Waals surface area contributed by atoms with Crippen LogP contribution in [0.4, 0.5) is 10.1 Å². The lowest BCUT2D eigenvalue weighted by Crippen LogP contribution is -2.52. The first-order valence-electron chi connectivity index (χ1n) is 13.0. The molecule has 3 aromatic carbocycles. The lowest BCUT2D eigenvalue weighted by molar-refractivity contribution is -0.139. The van der Waals surface area contributed by atoms with Crippen molar-refractivity contribution in [3.05, 3.63) is 83.7 Å². The normalized spacial score (nSPS) is 12.0. The molecule has 3 aromatic rings. The summed E-state index contributed by atoms with van der Waals surface area (Å²) in [5.74, 6) is -1.06. The summed E-state index contributed by atoms with van der Waals surface area (Å²) in [6.45, 7) is 6.57. The highest BCUT2D eigenvalue weighted by Crippen LogP contribution is 2.32. The van der Waals surface area contributed by atoms with Crippen LogP contribution in [0.15, 0.2) is 71.6 Å². The highest BCUT2D eigenvalue weighted by molar-refractivity contribution is 7.92. The van der Waals surface area contributed by atoms with Crippen molar-refractivity contribution in [2.45, 2.75) is 51.2 Å². The number of hydrogen-bond acceptors (Lipinski definition) is 6. The number of anilines is 1. The van der Waals surface area contributed by atoms with Gasteiger partial charge in [-0.05, 0) is 69.7 Å². The third-order valence-electron chi connectivity index (χ3n) is 6.41. The summed E-state index contributed by atoms with van der Waals surface area (Å²) in [7, 11) is -1.57. The van der Waals surface area contributed by atoms with E-state index in [-0.39, 0.29) is 34.8 Å². The van der Waals surface area contributed by atoms with E-state index in [4.69, 9.17) is 9.47 Å². The molecule has 9 nitrogen and oxygen atoms in total. The second-order valence-electron chi connectivity index (χ2n) is 9.85. The molecule has 0 aliphatic heterocycles. The Balaban J connectivity index is 2.06. The molecule has 0 aliphatic carbocycles. The Kier molecular flexibility index (Phi) is 10.3. The number of amides is 2. The van der Waals surface area contributed by atoms with E-state index in [9.17, 15) is 22.4 Å². The number of nitrogens with one attached hydrogen (secondary N) is 1. The molecule has 220 valence electrons. The molecule has 0 radical (unpaired) electrons. The van der Waals surface area contributed by atoms with Crippen LogP contribution in [-0.2, 0) is 26.2 Å². The maximum absolute atomic E-state index is 14.0. The molecular weight excluding hydrogens is 549 g/mol.